The molecule has 3 rings (SSSR count). The summed E-state index contributed by atoms with van der Waals surface area (Å²) in [4.78, 5) is 12.7. The molecule has 0 bridgehead atoms. The molecule has 0 fully saturated rings. The molecule has 1 amide bonds. The summed E-state index contributed by atoms with van der Waals surface area (Å²) in [5.41, 5.74) is 4.81. The fourth-order valence-electron chi connectivity index (χ4n) is 3.62. The molecular weight excluding hydrogens is 446 g/mol. The van der Waals surface area contributed by atoms with Crippen LogP contribution in [0.2, 0.25) is 0 Å². The van der Waals surface area contributed by atoms with Gasteiger partial charge in [-0.05, 0) is 67.6 Å². The fraction of sp³-hybridized carbons (Fsp3) is 0.185. The van der Waals surface area contributed by atoms with E-state index in [9.17, 15) is 13.2 Å². The second kappa shape index (κ2) is 11.5. The Hall–Kier alpha value is -3.55. The predicted octanol–water partition coefficient (Wildman–Crippen LogP) is 3.79. The zero-order valence-corrected chi connectivity index (χ0v) is 20.2. The molecule has 34 heavy (non-hydrogen) atoms. The van der Waals surface area contributed by atoms with E-state index in [4.69, 9.17) is 5.41 Å². The predicted molar refractivity (Wildman–Crippen MR) is 134 cm³/mol. The summed E-state index contributed by atoms with van der Waals surface area (Å²) in [5.74, 6) is -0.647. The molecule has 3 aromatic carbocycles. The third-order valence-electron chi connectivity index (χ3n) is 5.32. The molecule has 0 aliphatic heterocycles. The first-order chi connectivity index (χ1) is 16.2. The Labute approximate surface area is 201 Å². The van der Waals surface area contributed by atoms with Crippen LogP contribution in [0.15, 0.2) is 95.5 Å². The fourth-order valence-corrected chi connectivity index (χ4v) is 4.66. The average Bonchev–Trinajstić information content (AvgIpc) is 2.79. The highest BCUT2D eigenvalue weighted by molar-refractivity contribution is 7.90. The van der Waals surface area contributed by atoms with Crippen LogP contribution in [-0.2, 0) is 27.7 Å². The number of sulfonamides is 1. The van der Waals surface area contributed by atoms with Gasteiger partial charge in [0.15, 0.2) is 0 Å². The standard InChI is InChI=1S/C27H29N3O3S/c1-20-13-16-26(18-23(20)15-14-22-9-5-3-6-10-22)34(32,33)30-27(31)19-25(17-21(2)28)29-24-11-7-4-8-12-24/h3-13,16-18,28-29H,14-15,19H2,1-2H3,(H,30,31)/p+1/b25-17-,28-21?. The van der Waals surface area contributed by atoms with Crippen LogP contribution >= 0.6 is 0 Å². The zero-order valence-electron chi connectivity index (χ0n) is 19.4. The zero-order chi connectivity index (χ0) is 24.6. The van der Waals surface area contributed by atoms with Crippen molar-refractivity contribution in [3.63, 3.8) is 0 Å². The van der Waals surface area contributed by atoms with Gasteiger partial charge in [-0.1, -0.05) is 54.6 Å². The van der Waals surface area contributed by atoms with E-state index in [1.807, 2.05) is 67.6 Å². The number of carbonyl (C=O) groups excluding carboxylic acids is 1. The van der Waals surface area contributed by atoms with Crippen LogP contribution in [0.5, 0.6) is 0 Å². The highest BCUT2D eigenvalue weighted by Gasteiger charge is 2.21. The number of hydrogen-bond acceptors (Lipinski definition) is 4. The number of nitrogens with one attached hydrogen (secondary N) is 2. The molecule has 0 atom stereocenters. The number of carbonyl (C=O) groups is 1. The minimum absolute atomic E-state index is 0.0651. The van der Waals surface area contributed by atoms with Crippen molar-refractivity contribution < 1.29 is 18.5 Å². The summed E-state index contributed by atoms with van der Waals surface area (Å²) in [6, 6.07) is 24.3. The van der Waals surface area contributed by atoms with Crippen LogP contribution in [0.1, 0.15) is 30.0 Å². The second-order valence-corrected chi connectivity index (χ2v) is 9.92. The minimum Gasteiger partial charge on any atom is -0.305 e. The minimum atomic E-state index is -4.02. The summed E-state index contributed by atoms with van der Waals surface area (Å²) in [6.07, 6.45) is 2.90. The summed E-state index contributed by atoms with van der Waals surface area (Å²) in [5, 5.41) is 9.52. The Balaban J connectivity index is 1.71. The molecular formula is C27H30N3O3S+. The topological polar surface area (TPSA) is 104 Å². The molecule has 0 aliphatic rings. The number of amides is 1. The van der Waals surface area contributed by atoms with Gasteiger partial charge in [0.1, 0.15) is 17.8 Å². The molecule has 0 unspecified atom stereocenters. The molecule has 0 heterocycles. The number of quaternary nitrogens is 1. The molecule has 0 saturated heterocycles. The third-order valence-corrected chi connectivity index (χ3v) is 6.69. The summed E-state index contributed by atoms with van der Waals surface area (Å²) < 4.78 is 28.1. The molecule has 0 aromatic heterocycles. The van der Waals surface area contributed by atoms with E-state index < -0.39 is 15.9 Å². The lowest BCUT2D eigenvalue weighted by Crippen LogP contribution is -2.76. The van der Waals surface area contributed by atoms with E-state index in [1.165, 1.54) is 11.6 Å². The van der Waals surface area contributed by atoms with Gasteiger partial charge in [0.2, 0.25) is 5.91 Å². The van der Waals surface area contributed by atoms with E-state index in [-0.39, 0.29) is 17.0 Å². The lowest BCUT2D eigenvalue weighted by molar-refractivity contribution is -0.519. The first-order valence-corrected chi connectivity index (χ1v) is 12.6. The third kappa shape index (κ3) is 7.50. The van der Waals surface area contributed by atoms with Gasteiger partial charge in [-0.15, -0.1) is 0 Å². The Morgan fingerprint density at radius 3 is 2.26 bits per heavy atom. The summed E-state index contributed by atoms with van der Waals surface area (Å²) in [6.45, 7) is 3.56. The van der Waals surface area contributed by atoms with Gasteiger partial charge in [0, 0.05) is 11.8 Å². The van der Waals surface area contributed by atoms with Crippen LogP contribution in [0, 0.1) is 12.3 Å². The number of aryl methyl sites for hydroxylation is 3. The van der Waals surface area contributed by atoms with Crippen LogP contribution < -0.4 is 10.0 Å². The molecule has 0 aliphatic carbocycles. The van der Waals surface area contributed by atoms with Gasteiger partial charge in [0.05, 0.1) is 4.90 Å². The number of para-hydroxylation sites is 1. The van der Waals surface area contributed by atoms with E-state index in [0.717, 1.165) is 23.2 Å². The molecule has 176 valence electrons. The van der Waals surface area contributed by atoms with E-state index >= 15 is 0 Å². The van der Waals surface area contributed by atoms with Crippen LogP contribution in [-0.4, -0.2) is 20.0 Å². The van der Waals surface area contributed by atoms with Crippen molar-refractivity contribution in [1.82, 2.24) is 4.72 Å². The molecule has 0 radical (unpaired) electrons. The summed E-state index contributed by atoms with van der Waals surface area (Å²) >= 11 is 0. The Kier molecular flexibility index (Phi) is 8.51. The molecule has 0 spiro atoms. The summed E-state index contributed by atoms with van der Waals surface area (Å²) in [7, 11) is -4.02. The van der Waals surface area contributed by atoms with E-state index in [2.05, 4.69) is 4.72 Å². The van der Waals surface area contributed by atoms with Crippen molar-refractivity contribution >= 4 is 27.3 Å². The number of rotatable bonds is 10. The van der Waals surface area contributed by atoms with Crippen LogP contribution in [0.3, 0.4) is 0 Å². The van der Waals surface area contributed by atoms with Crippen LogP contribution in [0.4, 0.5) is 5.69 Å². The highest BCUT2D eigenvalue weighted by Crippen LogP contribution is 2.18. The molecule has 4 N–H and O–H groups in total. The lowest BCUT2D eigenvalue weighted by atomic mass is 10.0. The lowest BCUT2D eigenvalue weighted by Gasteiger charge is -2.11. The molecule has 7 heteroatoms. The SMILES string of the molecule is CC(=N)/C=C(/CC(=O)NS(=O)(=O)c1ccc(C)c(CCc2ccccc2)c1)[NH2+]c1ccccc1. The smallest absolute Gasteiger partial charge is 0.264 e. The van der Waals surface area contributed by atoms with E-state index in [1.54, 1.807) is 30.4 Å². The van der Waals surface area contributed by atoms with Gasteiger partial charge in [-0.2, -0.15) is 0 Å². The largest absolute Gasteiger partial charge is 0.305 e. The maximum absolute atomic E-state index is 12.9. The normalized spacial score (nSPS) is 11.8. The van der Waals surface area contributed by atoms with Gasteiger partial charge >= 0.3 is 0 Å². The number of benzene rings is 3. The highest BCUT2D eigenvalue weighted by atomic mass is 32.2. The first-order valence-electron chi connectivity index (χ1n) is 11.1. The van der Waals surface area contributed by atoms with Crippen molar-refractivity contribution in [1.29, 1.82) is 5.41 Å². The Morgan fingerprint density at radius 2 is 1.62 bits per heavy atom. The van der Waals surface area contributed by atoms with Crippen LogP contribution in [0.25, 0.3) is 0 Å². The van der Waals surface area contributed by atoms with Gasteiger partial charge in [0.25, 0.3) is 10.0 Å². The molecule has 0 saturated carbocycles. The maximum Gasteiger partial charge on any atom is 0.264 e. The van der Waals surface area contributed by atoms with Gasteiger partial charge < -0.3 is 5.41 Å². The maximum atomic E-state index is 12.9. The number of hydrogen-bond donors (Lipinski definition) is 3. The molecule has 6 nitrogen and oxygen atoms in total. The number of allylic oxidation sites excluding steroid dienone is 1. The van der Waals surface area contributed by atoms with Gasteiger partial charge in [-0.3, -0.25) is 10.1 Å². The Bertz CT molecular complexity index is 1290. The van der Waals surface area contributed by atoms with Crippen molar-refractivity contribution in [2.24, 2.45) is 0 Å². The van der Waals surface area contributed by atoms with Crippen molar-refractivity contribution in [2.75, 3.05) is 0 Å². The van der Waals surface area contributed by atoms with E-state index in [0.29, 0.717) is 12.1 Å². The second-order valence-electron chi connectivity index (χ2n) is 8.24. The van der Waals surface area contributed by atoms with Crippen molar-refractivity contribution in [2.45, 2.75) is 38.0 Å². The van der Waals surface area contributed by atoms with Gasteiger partial charge in [-0.25, -0.2) is 13.1 Å². The quantitative estimate of drug-likeness (QED) is 0.306. The first kappa shape index (κ1) is 25.1. The number of nitrogens with two attached hydrogens (primary N) is 1. The monoisotopic (exact) mass is 476 g/mol. The van der Waals surface area contributed by atoms with Crippen molar-refractivity contribution in [3.05, 3.63) is 107 Å². The Morgan fingerprint density at radius 1 is 0.971 bits per heavy atom. The average molecular weight is 477 g/mol. The molecule has 3 aromatic rings. The van der Waals surface area contributed by atoms with Crippen molar-refractivity contribution in [3.8, 4) is 0 Å².